The van der Waals surface area contributed by atoms with Gasteiger partial charge in [-0.1, -0.05) is 6.07 Å². The summed E-state index contributed by atoms with van der Waals surface area (Å²) < 4.78 is 2.04. The highest BCUT2D eigenvalue weighted by Gasteiger charge is 2.11. The first kappa shape index (κ1) is 13.1. The van der Waals surface area contributed by atoms with Crippen molar-refractivity contribution in [1.82, 2.24) is 14.3 Å². The van der Waals surface area contributed by atoms with Gasteiger partial charge < -0.3 is 9.51 Å². The van der Waals surface area contributed by atoms with Gasteiger partial charge in [0.1, 0.15) is 5.65 Å². The molecule has 2 aromatic heterocycles. The number of rotatable bonds is 6. The van der Waals surface area contributed by atoms with E-state index in [-0.39, 0.29) is 6.61 Å². The second-order valence-electron chi connectivity index (χ2n) is 4.84. The van der Waals surface area contributed by atoms with Crippen LogP contribution in [0, 0.1) is 0 Å². The zero-order valence-corrected chi connectivity index (χ0v) is 11.1. The number of pyridine rings is 1. The Morgan fingerprint density at radius 3 is 2.89 bits per heavy atom. The molecule has 0 saturated carbocycles. The minimum atomic E-state index is 0.244. The number of aliphatic hydroxyl groups is 1. The van der Waals surface area contributed by atoms with Crippen LogP contribution in [-0.4, -0.2) is 38.6 Å². The highest BCUT2D eigenvalue weighted by Crippen LogP contribution is 2.10. The monoisotopic (exact) mass is 247 g/mol. The van der Waals surface area contributed by atoms with E-state index in [2.05, 4.69) is 29.9 Å². The standard InChI is InChI=1S/C14H21N3O/c1-12(2)16(8-5-9-18)10-13-11-17-7-4-3-6-14(17)15-13/h3-4,6-7,11-12,18H,5,8-10H2,1-2H3. The van der Waals surface area contributed by atoms with Crippen molar-refractivity contribution in [3.63, 3.8) is 0 Å². The number of aliphatic hydroxyl groups excluding tert-OH is 1. The van der Waals surface area contributed by atoms with E-state index in [1.165, 1.54) is 0 Å². The molecule has 0 aliphatic heterocycles. The van der Waals surface area contributed by atoms with Crippen LogP contribution < -0.4 is 0 Å². The molecule has 0 bridgehead atoms. The molecule has 0 radical (unpaired) electrons. The predicted molar refractivity (Wildman–Crippen MR) is 72.4 cm³/mol. The van der Waals surface area contributed by atoms with Crippen LogP contribution in [0.4, 0.5) is 0 Å². The van der Waals surface area contributed by atoms with Gasteiger partial charge in [0, 0.05) is 38.1 Å². The smallest absolute Gasteiger partial charge is 0.137 e. The molecule has 0 amide bonds. The number of nitrogens with zero attached hydrogens (tertiary/aromatic N) is 3. The fourth-order valence-corrected chi connectivity index (χ4v) is 2.07. The molecule has 18 heavy (non-hydrogen) atoms. The van der Waals surface area contributed by atoms with Crippen molar-refractivity contribution in [3.8, 4) is 0 Å². The van der Waals surface area contributed by atoms with Crippen LogP contribution >= 0.6 is 0 Å². The lowest BCUT2D eigenvalue weighted by Gasteiger charge is -2.25. The van der Waals surface area contributed by atoms with Gasteiger partial charge in [-0.2, -0.15) is 0 Å². The zero-order chi connectivity index (χ0) is 13.0. The minimum Gasteiger partial charge on any atom is -0.396 e. The van der Waals surface area contributed by atoms with E-state index < -0.39 is 0 Å². The quantitative estimate of drug-likeness (QED) is 0.848. The van der Waals surface area contributed by atoms with Crippen LogP contribution in [0.1, 0.15) is 26.0 Å². The summed E-state index contributed by atoms with van der Waals surface area (Å²) in [6.07, 6.45) is 4.90. The number of hydrogen-bond donors (Lipinski definition) is 1. The Kier molecular flexibility index (Phi) is 4.33. The van der Waals surface area contributed by atoms with E-state index in [4.69, 9.17) is 5.11 Å². The fourth-order valence-electron chi connectivity index (χ4n) is 2.07. The van der Waals surface area contributed by atoms with Gasteiger partial charge in [0.2, 0.25) is 0 Å². The molecule has 0 atom stereocenters. The third kappa shape index (κ3) is 3.09. The van der Waals surface area contributed by atoms with Gasteiger partial charge in [-0.25, -0.2) is 4.98 Å². The largest absolute Gasteiger partial charge is 0.396 e. The molecule has 1 N–H and O–H groups in total. The molecule has 0 aliphatic rings. The van der Waals surface area contributed by atoms with E-state index in [0.29, 0.717) is 6.04 Å². The van der Waals surface area contributed by atoms with Gasteiger partial charge in [0.15, 0.2) is 0 Å². The van der Waals surface area contributed by atoms with Crippen LogP contribution in [-0.2, 0) is 6.54 Å². The third-order valence-electron chi connectivity index (χ3n) is 3.11. The molecule has 0 saturated heterocycles. The molecule has 0 spiro atoms. The average Bonchev–Trinajstić information content (AvgIpc) is 2.76. The molecule has 2 rings (SSSR count). The van der Waals surface area contributed by atoms with Gasteiger partial charge in [-0.15, -0.1) is 0 Å². The maximum absolute atomic E-state index is 8.93. The zero-order valence-electron chi connectivity index (χ0n) is 11.1. The van der Waals surface area contributed by atoms with E-state index in [1.54, 1.807) is 0 Å². The molecular weight excluding hydrogens is 226 g/mol. The van der Waals surface area contributed by atoms with Crippen LogP contribution in [0.2, 0.25) is 0 Å². The van der Waals surface area contributed by atoms with Crippen molar-refractivity contribution in [2.24, 2.45) is 0 Å². The maximum atomic E-state index is 8.93. The Balaban J connectivity index is 2.10. The van der Waals surface area contributed by atoms with Crippen LogP contribution in [0.25, 0.3) is 5.65 Å². The fraction of sp³-hybridized carbons (Fsp3) is 0.500. The number of fused-ring (bicyclic) bond motifs is 1. The lowest BCUT2D eigenvalue weighted by atomic mass is 10.2. The van der Waals surface area contributed by atoms with Gasteiger partial charge >= 0.3 is 0 Å². The van der Waals surface area contributed by atoms with Gasteiger partial charge in [0.25, 0.3) is 0 Å². The Labute approximate surface area is 108 Å². The van der Waals surface area contributed by atoms with Crippen molar-refractivity contribution < 1.29 is 5.11 Å². The molecule has 4 heteroatoms. The lowest BCUT2D eigenvalue weighted by Crippen LogP contribution is -2.31. The molecular formula is C14H21N3O. The van der Waals surface area contributed by atoms with Gasteiger partial charge in [-0.3, -0.25) is 4.90 Å². The van der Waals surface area contributed by atoms with Crippen molar-refractivity contribution in [3.05, 3.63) is 36.3 Å². The predicted octanol–water partition coefficient (Wildman–Crippen LogP) is 1.93. The molecule has 2 heterocycles. The second-order valence-corrected chi connectivity index (χ2v) is 4.84. The molecule has 0 fully saturated rings. The first-order valence-electron chi connectivity index (χ1n) is 6.48. The first-order chi connectivity index (χ1) is 8.70. The van der Waals surface area contributed by atoms with Crippen LogP contribution in [0.3, 0.4) is 0 Å². The Hall–Kier alpha value is -1.39. The van der Waals surface area contributed by atoms with Crippen molar-refractivity contribution in [1.29, 1.82) is 0 Å². The average molecular weight is 247 g/mol. The molecule has 4 nitrogen and oxygen atoms in total. The Bertz CT molecular complexity index is 459. The molecule has 0 aliphatic carbocycles. The molecule has 0 unspecified atom stereocenters. The van der Waals surface area contributed by atoms with Crippen molar-refractivity contribution in [2.75, 3.05) is 13.2 Å². The molecule has 0 aromatic carbocycles. The van der Waals surface area contributed by atoms with Crippen LogP contribution in [0.15, 0.2) is 30.6 Å². The van der Waals surface area contributed by atoms with E-state index in [0.717, 1.165) is 30.9 Å². The summed E-state index contributed by atoms with van der Waals surface area (Å²) in [6, 6.07) is 6.47. The first-order valence-corrected chi connectivity index (χ1v) is 6.48. The highest BCUT2D eigenvalue weighted by molar-refractivity contribution is 5.39. The summed E-state index contributed by atoms with van der Waals surface area (Å²) >= 11 is 0. The number of imidazole rings is 1. The number of hydrogen-bond acceptors (Lipinski definition) is 3. The SMILES string of the molecule is CC(C)N(CCCO)Cc1cn2ccccc2n1. The Morgan fingerprint density at radius 1 is 1.39 bits per heavy atom. The third-order valence-corrected chi connectivity index (χ3v) is 3.11. The molecule has 2 aromatic rings. The Morgan fingerprint density at radius 2 is 2.22 bits per heavy atom. The molecule has 98 valence electrons. The van der Waals surface area contributed by atoms with Crippen molar-refractivity contribution in [2.45, 2.75) is 32.9 Å². The highest BCUT2D eigenvalue weighted by atomic mass is 16.3. The summed E-state index contributed by atoms with van der Waals surface area (Å²) in [5.74, 6) is 0. The van der Waals surface area contributed by atoms with Gasteiger partial charge in [-0.05, 0) is 32.4 Å². The summed E-state index contributed by atoms with van der Waals surface area (Å²) in [7, 11) is 0. The summed E-state index contributed by atoms with van der Waals surface area (Å²) in [6.45, 7) is 6.33. The maximum Gasteiger partial charge on any atom is 0.137 e. The second kappa shape index (κ2) is 5.98. The lowest BCUT2D eigenvalue weighted by molar-refractivity contribution is 0.183. The topological polar surface area (TPSA) is 40.8 Å². The number of aromatic nitrogens is 2. The minimum absolute atomic E-state index is 0.244. The normalized spacial score (nSPS) is 11.8. The summed E-state index contributed by atoms with van der Waals surface area (Å²) in [5, 5.41) is 8.93. The van der Waals surface area contributed by atoms with E-state index in [1.807, 2.05) is 28.8 Å². The van der Waals surface area contributed by atoms with Gasteiger partial charge in [0.05, 0.1) is 5.69 Å². The van der Waals surface area contributed by atoms with E-state index in [9.17, 15) is 0 Å². The van der Waals surface area contributed by atoms with E-state index >= 15 is 0 Å². The summed E-state index contributed by atoms with van der Waals surface area (Å²) in [5.41, 5.74) is 2.06. The summed E-state index contributed by atoms with van der Waals surface area (Å²) in [4.78, 5) is 6.93. The van der Waals surface area contributed by atoms with Crippen LogP contribution in [0.5, 0.6) is 0 Å². The van der Waals surface area contributed by atoms with Crippen molar-refractivity contribution >= 4 is 5.65 Å².